The Labute approximate surface area is 104 Å². The Morgan fingerprint density at radius 3 is 2.53 bits per heavy atom. The molecule has 17 heavy (non-hydrogen) atoms. The summed E-state index contributed by atoms with van der Waals surface area (Å²) in [5, 5.41) is 11.9. The minimum atomic E-state index is -0.111. The van der Waals surface area contributed by atoms with Crippen LogP contribution in [0.5, 0.6) is 5.75 Å². The Hall–Kier alpha value is -1.81. The van der Waals surface area contributed by atoms with Crippen molar-refractivity contribution in [3.63, 3.8) is 0 Å². The molecule has 3 nitrogen and oxygen atoms in total. The van der Waals surface area contributed by atoms with E-state index >= 15 is 0 Å². The number of carbonyl (C=O) groups excluding carboxylic acids is 1. The lowest BCUT2D eigenvalue weighted by atomic mass is 10.3. The normalized spacial score (nSPS) is 10.2. The lowest BCUT2D eigenvalue weighted by Gasteiger charge is -2.03. The monoisotopic (exact) mass is 247 g/mol. The van der Waals surface area contributed by atoms with Crippen LogP contribution >= 0.6 is 11.3 Å². The van der Waals surface area contributed by atoms with E-state index < -0.39 is 0 Å². The van der Waals surface area contributed by atoms with Crippen LogP contribution in [0.2, 0.25) is 0 Å². The topological polar surface area (TPSA) is 49.3 Å². The van der Waals surface area contributed by atoms with Crippen LogP contribution in [-0.2, 0) is 6.42 Å². The van der Waals surface area contributed by atoms with Crippen molar-refractivity contribution in [1.29, 1.82) is 0 Å². The van der Waals surface area contributed by atoms with Gasteiger partial charge in [0.25, 0.3) is 5.91 Å². The first kappa shape index (κ1) is 11.7. The second-order valence-electron chi connectivity index (χ2n) is 3.62. The molecule has 0 fully saturated rings. The zero-order valence-corrected chi connectivity index (χ0v) is 10.3. The van der Waals surface area contributed by atoms with E-state index in [9.17, 15) is 4.79 Å². The summed E-state index contributed by atoms with van der Waals surface area (Å²) >= 11 is 1.50. The van der Waals surface area contributed by atoms with Crippen molar-refractivity contribution in [2.45, 2.75) is 13.3 Å². The highest BCUT2D eigenvalue weighted by Gasteiger charge is 2.08. The molecular formula is C13H13NO2S. The van der Waals surface area contributed by atoms with Gasteiger partial charge in [-0.1, -0.05) is 6.92 Å². The van der Waals surface area contributed by atoms with E-state index in [2.05, 4.69) is 12.2 Å². The van der Waals surface area contributed by atoms with Gasteiger partial charge in [-0.3, -0.25) is 4.79 Å². The average molecular weight is 247 g/mol. The Kier molecular flexibility index (Phi) is 3.44. The second kappa shape index (κ2) is 5.01. The number of phenolic OH excluding ortho intramolecular Hbond substituents is 1. The Balaban J connectivity index is 2.08. The number of carbonyl (C=O) groups is 1. The van der Waals surface area contributed by atoms with Gasteiger partial charge in [0.2, 0.25) is 0 Å². The van der Waals surface area contributed by atoms with Gasteiger partial charge in [-0.05, 0) is 42.8 Å². The van der Waals surface area contributed by atoms with Gasteiger partial charge in [-0.15, -0.1) is 11.3 Å². The van der Waals surface area contributed by atoms with Gasteiger partial charge < -0.3 is 10.4 Å². The Morgan fingerprint density at radius 2 is 1.94 bits per heavy atom. The summed E-state index contributed by atoms with van der Waals surface area (Å²) < 4.78 is 0. The molecule has 1 amide bonds. The number of aromatic hydroxyl groups is 1. The molecule has 0 spiro atoms. The molecular weight excluding hydrogens is 234 g/mol. The standard InChI is InChI=1S/C13H13NO2S/c1-2-11-7-8-12(17-11)13(16)14-9-3-5-10(15)6-4-9/h3-8,15H,2H2,1H3,(H,14,16). The van der Waals surface area contributed by atoms with Crippen LogP contribution in [0.1, 0.15) is 21.5 Å². The SMILES string of the molecule is CCc1ccc(C(=O)Nc2ccc(O)cc2)s1. The zero-order chi connectivity index (χ0) is 12.3. The summed E-state index contributed by atoms with van der Waals surface area (Å²) in [4.78, 5) is 13.8. The predicted molar refractivity (Wildman–Crippen MR) is 69.8 cm³/mol. The smallest absolute Gasteiger partial charge is 0.265 e. The Morgan fingerprint density at radius 1 is 1.24 bits per heavy atom. The third-order valence-corrected chi connectivity index (χ3v) is 3.59. The molecule has 0 radical (unpaired) electrons. The second-order valence-corrected chi connectivity index (χ2v) is 4.79. The number of benzene rings is 1. The van der Waals surface area contributed by atoms with E-state index in [0.29, 0.717) is 10.6 Å². The third kappa shape index (κ3) is 2.85. The van der Waals surface area contributed by atoms with E-state index in [1.807, 2.05) is 12.1 Å². The van der Waals surface area contributed by atoms with Crippen LogP contribution in [0.15, 0.2) is 36.4 Å². The summed E-state index contributed by atoms with van der Waals surface area (Å²) in [6, 6.07) is 10.2. The maximum atomic E-state index is 11.9. The quantitative estimate of drug-likeness (QED) is 0.818. The maximum absolute atomic E-state index is 11.9. The van der Waals surface area contributed by atoms with E-state index in [-0.39, 0.29) is 11.7 Å². The molecule has 0 bridgehead atoms. The molecule has 0 aliphatic carbocycles. The van der Waals surface area contributed by atoms with Gasteiger partial charge >= 0.3 is 0 Å². The van der Waals surface area contributed by atoms with Gasteiger partial charge in [0, 0.05) is 10.6 Å². The fraction of sp³-hybridized carbons (Fsp3) is 0.154. The number of amides is 1. The number of nitrogens with one attached hydrogen (secondary N) is 1. The molecule has 0 atom stereocenters. The highest BCUT2D eigenvalue weighted by atomic mass is 32.1. The minimum absolute atomic E-state index is 0.111. The van der Waals surface area contributed by atoms with E-state index in [0.717, 1.165) is 6.42 Å². The molecule has 1 aromatic heterocycles. The molecule has 0 unspecified atom stereocenters. The average Bonchev–Trinajstić information content (AvgIpc) is 2.81. The fourth-order valence-electron chi connectivity index (χ4n) is 1.43. The lowest BCUT2D eigenvalue weighted by Crippen LogP contribution is -2.09. The van der Waals surface area contributed by atoms with E-state index in [1.54, 1.807) is 24.3 Å². The van der Waals surface area contributed by atoms with Crippen molar-refractivity contribution in [2.24, 2.45) is 0 Å². The maximum Gasteiger partial charge on any atom is 0.265 e. The molecule has 2 N–H and O–H groups in total. The number of anilines is 1. The van der Waals surface area contributed by atoms with E-state index in [4.69, 9.17) is 5.11 Å². The number of rotatable bonds is 3. The van der Waals surface area contributed by atoms with Crippen LogP contribution in [0, 0.1) is 0 Å². The molecule has 0 aliphatic heterocycles. The van der Waals surface area contributed by atoms with Crippen LogP contribution in [0.25, 0.3) is 0 Å². The molecule has 4 heteroatoms. The lowest BCUT2D eigenvalue weighted by molar-refractivity contribution is 0.103. The van der Waals surface area contributed by atoms with Crippen LogP contribution in [-0.4, -0.2) is 11.0 Å². The number of hydrogen-bond acceptors (Lipinski definition) is 3. The first-order valence-corrected chi connectivity index (χ1v) is 6.20. The molecule has 2 aromatic rings. The Bertz CT molecular complexity index is 516. The van der Waals surface area contributed by atoms with Gasteiger partial charge in [0.05, 0.1) is 4.88 Å². The summed E-state index contributed by atoms with van der Waals surface area (Å²) in [5.74, 6) is 0.0766. The van der Waals surface area contributed by atoms with Gasteiger partial charge in [0.1, 0.15) is 5.75 Å². The first-order chi connectivity index (χ1) is 8.19. The molecule has 0 aliphatic rings. The molecule has 1 aromatic carbocycles. The highest BCUT2D eigenvalue weighted by molar-refractivity contribution is 7.14. The van der Waals surface area contributed by atoms with Crippen molar-refractivity contribution < 1.29 is 9.90 Å². The fourth-order valence-corrected chi connectivity index (χ4v) is 2.27. The predicted octanol–water partition coefficient (Wildman–Crippen LogP) is 3.27. The summed E-state index contributed by atoms with van der Waals surface area (Å²) in [7, 11) is 0. The van der Waals surface area contributed by atoms with Crippen LogP contribution in [0.3, 0.4) is 0 Å². The largest absolute Gasteiger partial charge is 0.508 e. The third-order valence-electron chi connectivity index (χ3n) is 2.36. The highest BCUT2D eigenvalue weighted by Crippen LogP contribution is 2.19. The van der Waals surface area contributed by atoms with Crippen LogP contribution < -0.4 is 5.32 Å². The molecule has 88 valence electrons. The van der Waals surface area contributed by atoms with Gasteiger partial charge in [-0.2, -0.15) is 0 Å². The summed E-state index contributed by atoms with van der Waals surface area (Å²) in [6.45, 7) is 2.06. The summed E-state index contributed by atoms with van der Waals surface area (Å²) in [6.07, 6.45) is 0.942. The zero-order valence-electron chi connectivity index (χ0n) is 9.43. The van der Waals surface area contributed by atoms with Gasteiger partial charge in [-0.25, -0.2) is 0 Å². The number of thiophene rings is 1. The number of hydrogen-bond donors (Lipinski definition) is 2. The van der Waals surface area contributed by atoms with Crippen molar-refractivity contribution in [3.05, 3.63) is 46.2 Å². The minimum Gasteiger partial charge on any atom is -0.508 e. The molecule has 1 heterocycles. The van der Waals surface area contributed by atoms with Gasteiger partial charge in [0.15, 0.2) is 0 Å². The van der Waals surface area contributed by atoms with Crippen LogP contribution in [0.4, 0.5) is 5.69 Å². The number of phenols is 1. The summed E-state index contributed by atoms with van der Waals surface area (Å²) in [5.41, 5.74) is 0.680. The van der Waals surface area contributed by atoms with Crippen molar-refractivity contribution >= 4 is 22.9 Å². The molecule has 0 saturated carbocycles. The van der Waals surface area contributed by atoms with Crippen molar-refractivity contribution in [2.75, 3.05) is 5.32 Å². The van der Waals surface area contributed by atoms with E-state index in [1.165, 1.54) is 16.2 Å². The number of aryl methyl sites for hydroxylation is 1. The molecule has 2 rings (SSSR count). The van der Waals surface area contributed by atoms with Crippen molar-refractivity contribution in [3.8, 4) is 5.75 Å². The first-order valence-electron chi connectivity index (χ1n) is 5.38. The molecule has 0 saturated heterocycles. The van der Waals surface area contributed by atoms with Crippen molar-refractivity contribution in [1.82, 2.24) is 0 Å².